The molecule has 26 heavy (non-hydrogen) atoms. The van der Waals surface area contributed by atoms with E-state index in [2.05, 4.69) is 9.97 Å². The van der Waals surface area contributed by atoms with Crippen LogP contribution in [0, 0.1) is 0 Å². The molecule has 0 aliphatic carbocycles. The quantitative estimate of drug-likeness (QED) is 0.679. The van der Waals surface area contributed by atoms with Crippen LogP contribution >= 0.6 is 0 Å². The van der Waals surface area contributed by atoms with Gasteiger partial charge >= 0.3 is 0 Å². The van der Waals surface area contributed by atoms with Gasteiger partial charge in [0.2, 0.25) is 0 Å². The highest BCUT2D eigenvalue weighted by Gasteiger charge is 2.22. The zero-order chi connectivity index (χ0) is 18.7. The third kappa shape index (κ3) is 3.74. The van der Waals surface area contributed by atoms with E-state index in [1.54, 1.807) is 23.1 Å². The van der Waals surface area contributed by atoms with E-state index in [-0.39, 0.29) is 17.8 Å². The average molecular weight is 357 g/mol. The van der Waals surface area contributed by atoms with Crippen LogP contribution < -0.4 is 0 Å². The first-order valence-electron chi connectivity index (χ1n) is 8.62. The zero-order valence-electron chi connectivity index (χ0n) is 14.7. The van der Waals surface area contributed by atoms with Gasteiger partial charge in [-0.1, -0.05) is 37.3 Å². The first-order valence-corrected chi connectivity index (χ1v) is 8.62. The number of aromatic nitrogens is 2. The molecule has 0 fully saturated rings. The summed E-state index contributed by atoms with van der Waals surface area (Å²) >= 11 is 0. The van der Waals surface area contributed by atoms with Crippen LogP contribution in [0.2, 0.25) is 0 Å². The Bertz CT molecular complexity index is 892. The average Bonchev–Trinajstić information content (AvgIpc) is 3.09. The van der Waals surface area contributed by atoms with Crippen LogP contribution in [0.15, 0.2) is 48.5 Å². The summed E-state index contributed by atoms with van der Waals surface area (Å²) in [6.45, 7) is 4.53. The summed E-state index contributed by atoms with van der Waals surface area (Å²) in [7, 11) is 0. The van der Waals surface area contributed by atoms with E-state index in [1.165, 1.54) is 0 Å². The fourth-order valence-electron chi connectivity index (χ4n) is 2.86. The van der Waals surface area contributed by atoms with Crippen LogP contribution in [0.5, 0.6) is 0 Å². The maximum atomic E-state index is 13.1. The number of rotatable bonds is 6. The highest BCUT2D eigenvalue weighted by molar-refractivity contribution is 5.97. The number of imidazole rings is 1. The molecule has 6 heteroatoms. The second-order valence-electron chi connectivity index (χ2n) is 6.33. The van der Waals surface area contributed by atoms with Crippen LogP contribution in [-0.2, 0) is 6.54 Å². The molecule has 0 aliphatic heterocycles. The fourth-order valence-corrected chi connectivity index (χ4v) is 2.86. The number of nitrogens with zero attached hydrogens (tertiary/aromatic N) is 2. The molecule has 3 aromatic rings. The lowest BCUT2D eigenvalue weighted by Gasteiger charge is -2.29. The largest absolute Gasteiger partial charge is 0.337 e. The van der Waals surface area contributed by atoms with Crippen molar-refractivity contribution in [1.29, 1.82) is 0 Å². The summed E-state index contributed by atoms with van der Waals surface area (Å²) in [5.74, 6) is -0.508. The van der Waals surface area contributed by atoms with Crippen molar-refractivity contribution in [3.63, 3.8) is 0 Å². The van der Waals surface area contributed by atoms with Gasteiger partial charge in [-0.05, 0) is 37.1 Å². The van der Waals surface area contributed by atoms with Gasteiger partial charge < -0.3 is 9.88 Å². The summed E-state index contributed by atoms with van der Waals surface area (Å²) in [4.78, 5) is 21.3. The molecule has 0 aliphatic rings. The van der Waals surface area contributed by atoms with Crippen molar-refractivity contribution in [2.24, 2.45) is 0 Å². The molecule has 0 radical (unpaired) electrons. The number of amides is 1. The smallest absolute Gasteiger partial charge is 0.295 e. The van der Waals surface area contributed by atoms with Gasteiger partial charge in [0.1, 0.15) is 0 Å². The number of carbonyl (C=O) groups is 1. The van der Waals surface area contributed by atoms with Gasteiger partial charge in [0.15, 0.2) is 5.82 Å². The van der Waals surface area contributed by atoms with Gasteiger partial charge in [0, 0.05) is 18.2 Å². The third-order valence-corrected chi connectivity index (χ3v) is 4.53. The molecule has 1 atom stereocenters. The van der Waals surface area contributed by atoms with Gasteiger partial charge in [-0.2, -0.15) is 0 Å². The Morgan fingerprint density at radius 1 is 1.19 bits per heavy atom. The molecule has 1 unspecified atom stereocenters. The van der Waals surface area contributed by atoms with Crippen LogP contribution in [0.4, 0.5) is 8.78 Å². The Morgan fingerprint density at radius 3 is 2.58 bits per heavy atom. The normalized spacial score (nSPS) is 12.5. The molecular weight excluding hydrogens is 336 g/mol. The van der Waals surface area contributed by atoms with E-state index >= 15 is 0 Å². The maximum Gasteiger partial charge on any atom is 0.295 e. The van der Waals surface area contributed by atoms with Crippen molar-refractivity contribution in [2.45, 2.75) is 39.3 Å². The highest BCUT2D eigenvalue weighted by atomic mass is 19.3. The molecule has 1 amide bonds. The van der Waals surface area contributed by atoms with Gasteiger partial charge in [0.25, 0.3) is 12.3 Å². The second kappa shape index (κ2) is 7.64. The fraction of sp³-hybridized carbons (Fsp3) is 0.300. The van der Waals surface area contributed by atoms with Crippen molar-refractivity contribution in [1.82, 2.24) is 14.9 Å². The highest BCUT2D eigenvalue weighted by Crippen LogP contribution is 2.22. The lowest BCUT2D eigenvalue weighted by molar-refractivity contribution is 0.0671. The van der Waals surface area contributed by atoms with E-state index < -0.39 is 6.43 Å². The Morgan fingerprint density at radius 2 is 1.92 bits per heavy atom. The standard InChI is InChI=1S/C20H21F2N3O/c1-3-13(2)25(12-14-7-5-4-6-8-14)20(26)15-9-10-16-17(11-15)24-19(23-16)18(21)22/h4-11,13,18H,3,12H2,1-2H3,(H,23,24). The minimum atomic E-state index is -2.67. The van der Waals surface area contributed by atoms with E-state index in [0.29, 0.717) is 23.1 Å². The van der Waals surface area contributed by atoms with Crippen LogP contribution in [-0.4, -0.2) is 26.8 Å². The first kappa shape index (κ1) is 18.0. The number of fused-ring (bicyclic) bond motifs is 1. The molecule has 136 valence electrons. The molecule has 3 rings (SSSR count). The van der Waals surface area contributed by atoms with Crippen molar-refractivity contribution >= 4 is 16.9 Å². The molecule has 2 aromatic carbocycles. The SMILES string of the molecule is CCC(C)N(Cc1ccccc1)C(=O)c1ccc2nc(C(F)F)[nH]c2c1. The number of nitrogens with one attached hydrogen (secondary N) is 1. The van der Waals surface area contributed by atoms with Gasteiger partial charge in [-0.25, -0.2) is 13.8 Å². The predicted octanol–water partition coefficient (Wildman–Crippen LogP) is 4.94. The van der Waals surface area contributed by atoms with Crippen molar-refractivity contribution in [3.8, 4) is 0 Å². The molecular formula is C20H21F2N3O. The van der Waals surface area contributed by atoms with E-state index in [4.69, 9.17) is 0 Å². The number of halogens is 2. The number of H-pyrrole nitrogens is 1. The second-order valence-corrected chi connectivity index (χ2v) is 6.33. The summed E-state index contributed by atoms with van der Waals surface area (Å²) in [5, 5.41) is 0. The summed E-state index contributed by atoms with van der Waals surface area (Å²) < 4.78 is 25.6. The molecule has 1 aromatic heterocycles. The lowest BCUT2D eigenvalue weighted by atomic mass is 10.1. The summed E-state index contributed by atoms with van der Waals surface area (Å²) in [6.07, 6.45) is -1.85. The molecule has 0 saturated heterocycles. The van der Waals surface area contributed by atoms with Gasteiger partial charge in [-0.15, -0.1) is 0 Å². The first-order chi connectivity index (χ1) is 12.5. The van der Waals surface area contributed by atoms with E-state index in [0.717, 1.165) is 12.0 Å². The van der Waals surface area contributed by atoms with Gasteiger partial charge in [0.05, 0.1) is 11.0 Å². The summed E-state index contributed by atoms with van der Waals surface area (Å²) in [6, 6.07) is 14.7. The molecule has 0 saturated carbocycles. The topological polar surface area (TPSA) is 49.0 Å². The minimum Gasteiger partial charge on any atom is -0.337 e. The summed E-state index contributed by atoms with van der Waals surface area (Å²) in [5.41, 5.74) is 2.37. The molecule has 0 spiro atoms. The number of hydrogen-bond acceptors (Lipinski definition) is 2. The number of hydrogen-bond donors (Lipinski definition) is 1. The minimum absolute atomic E-state index is 0.0526. The molecule has 1 N–H and O–H groups in total. The lowest BCUT2D eigenvalue weighted by Crippen LogP contribution is -2.37. The number of aromatic amines is 1. The number of benzene rings is 2. The van der Waals surface area contributed by atoms with Crippen LogP contribution in [0.25, 0.3) is 11.0 Å². The Hall–Kier alpha value is -2.76. The molecule has 4 nitrogen and oxygen atoms in total. The predicted molar refractivity (Wildman–Crippen MR) is 97.1 cm³/mol. The van der Waals surface area contributed by atoms with Crippen molar-refractivity contribution < 1.29 is 13.6 Å². The Balaban J connectivity index is 1.91. The van der Waals surface area contributed by atoms with E-state index in [9.17, 15) is 13.6 Å². The number of alkyl halides is 2. The molecule has 1 heterocycles. The molecule has 0 bridgehead atoms. The van der Waals surface area contributed by atoms with E-state index in [1.807, 2.05) is 44.2 Å². The Kier molecular flexibility index (Phi) is 5.30. The number of carbonyl (C=O) groups excluding carboxylic acids is 1. The monoisotopic (exact) mass is 357 g/mol. The Labute approximate surface area is 150 Å². The third-order valence-electron chi connectivity index (χ3n) is 4.53. The van der Waals surface area contributed by atoms with Crippen molar-refractivity contribution in [2.75, 3.05) is 0 Å². The van der Waals surface area contributed by atoms with Crippen LogP contribution in [0.3, 0.4) is 0 Å². The zero-order valence-corrected chi connectivity index (χ0v) is 14.7. The maximum absolute atomic E-state index is 13.1. The van der Waals surface area contributed by atoms with Gasteiger partial charge in [-0.3, -0.25) is 4.79 Å². The van der Waals surface area contributed by atoms with Crippen molar-refractivity contribution in [3.05, 3.63) is 65.5 Å². The van der Waals surface area contributed by atoms with Crippen LogP contribution in [0.1, 0.15) is 48.4 Å².